The lowest BCUT2D eigenvalue weighted by atomic mass is 10.0. The number of fused-ring (bicyclic) bond motifs is 3. The van der Waals surface area contributed by atoms with Crippen molar-refractivity contribution in [2.45, 2.75) is 0 Å². The van der Waals surface area contributed by atoms with E-state index >= 15 is 0 Å². The molecule has 2 heteroatoms. The van der Waals surface area contributed by atoms with Crippen LogP contribution in [0.3, 0.4) is 0 Å². The highest BCUT2D eigenvalue weighted by atomic mass is 15.1. The van der Waals surface area contributed by atoms with Crippen molar-refractivity contribution < 1.29 is 0 Å². The van der Waals surface area contributed by atoms with Gasteiger partial charge >= 0.3 is 0 Å². The summed E-state index contributed by atoms with van der Waals surface area (Å²) < 4.78 is 2.36. The molecule has 0 aliphatic rings. The molecule has 7 aromatic rings. The minimum Gasteiger partial charge on any atom is -0.344 e. The SMILES string of the molecule is CN(c1cccc(-c2ccc(-n3c4ccccc4c4ccccc43)cc2)c1)c1ccccc1-c1ccccc1. The molecule has 0 saturated heterocycles. The van der Waals surface area contributed by atoms with Crippen molar-refractivity contribution in [3.8, 4) is 27.9 Å². The third kappa shape index (κ3) is 4.07. The fourth-order valence-electron chi connectivity index (χ4n) is 5.66. The van der Waals surface area contributed by atoms with Gasteiger partial charge in [0.2, 0.25) is 0 Å². The van der Waals surface area contributed by atoms with Gasteiger partial charge in [-0.25, -0.2) is 0 Å². The summed E-state index contributed by atoms with van der Waals surface area (Å²) in [4.78, 5) is 2.28. The summed E-state index contributed by atoms with van der Waals surface area (Å²) in [6.45, 7) is 0. The van der Waals surface area contributed by atoms with Gasteiger partial charge in [0.25, 0.3) is 0 Å². The van der Waals surface area contributed by atoms with Crippen molar-refractivity contribution >= 4 is 33.2 Å². The van der Waals surface area contributed by atoms with E-state index in [-0.39, 0.29) is 0 Å². The Kier molecular flexibility index (Phi) is 5.71. The third-order valence-corrected chi connectivity index (χ3v) is 7.62. The molecule has 0 fully saturated rings. The van der Waals surface area contributed by atoms with Crippen LogP contribution < -0.4 is 4.90 Å². The van der Waals surface area contributed by atoms with E-state index in [1.54, 1.807) is 0 Å². The third-order valence-electron chi connectivity index (χ3n) is 7.62. The molecule has 7 rings (SSSR count). The van der Waals surface area contributed by atoms with Crippen LogP contribution in [0, 0.1) is 0 Å². The lowest BCUT2D eigenvalue weighted by Gasteiger charge is -2.23. The van der Waals surface area contributed by atoms with Crippen molar-refractivity contribution in [2.24, 2.45) is 0 Å². The fourth-order valence-corrected chi connectivity index (χ4v) is 5.66. The summed E-state index contributed by atoms with van der Waals surface area (Å²) in [5, 5.41) is 2.56. The molecule has 0 spiro atoms. The van der Waals surface area contributed by atoms with Crippen LogP contribution in [0.4, 0.5) is 11.4 Å². The van der Waals surface area contributed by atoms with E-state index in [0.717, 1.165) is 5.69 Å². The van der Waals surface area contributed by atoms with Crippen LogP contribution >= 0.6 is 0 Å². The maximum Gasteiger partial charge on any atom is 0.0541 e. The molecule has 1 heterocycles. The number of hydrogen-bond donors (Lipinski definition) is 0. The molecular formula is C37H28N2. The van der Waals surface area contributed by atoms with Gasteiger partial charge in [0, 0.05) is 40.4 Å². The van der Waals surface area contributed by atoms with Gasteiger partial charge in [0.05, 0.1) is 11.0 Å². The number of nitrogens with zero attached hydrogens (tertiary/aromatic N) is 2. The van der Waals surface area contributed by atoms with Gasteiger partial charge in [-0.15, -0.1) is 0 Å². The number of anilines is 2. The Morgan fingerprint density at radius 3 is 1.77 bits per heavy atom. The first-order valence-electron chi connectivity index (χ1n) is 13.4. The highest BCUT2D eigenvalue weighted by Gasteiger charge is 2.13. The minimum atomic E-state index is 1.15. The summed E-state index contributed by atoms with van der Waals surface area (Å²) >= 11 is 0. The van der Waals surface area contributed by atoms with Gasteiger partial charge in [-0.05, 0) is 59.2 Å². The smallest absolute Gasteiger partial charge is 0.0541 e. The molecule has 0 aliphatic heterocycles. The van der Waals surface area contributed by atoms with Gasteiger partial charge < -0.3 is 9.47 Å². The Labute approximate surface area is 229 Å². The number of benzene rings is 6. The zero-order chi connectivity index (χ0) is 26.2. The molecule has 0 atom stereocenters. The summed E-state index contributed by atoms with van der Waals surface area (Å²) in [5.41, 5.74) is 10.8. The molecule has 39 heavy (non-hydrogen) atoms. The minimum absolute atomic E-state index is 1.15. The van der Waals surface area contributed by atoms with E-state index in [0.29, 0.717) is 0 Å². The van der Waals surface area contributed by atoms with Crippen molar-refractivity contribution in [1.29, 1.82) is 0 Å². The summed E-state index contributed by atoms with van der Waals surface area (Å²) in [6, 6.07) is 54.2. The fraction of sp³-hybridized carbons (Fsp3) is 0.0270. The van der Waals surface area contributed by atoms with Gasteiger partial charge in [-0.3, -0.25) is 0 Å². The zero-order valence-corrected chi connectivity index (χ0v) is 21.8. The van der Waals surface area contributed by atoms with Crippen LogP contribution in [0.2, 0.25) is 0 Å². The Balaban J connectivity index is 1.25. The average Bonchev–Trinajstić information content (AvgIpc) is 3.36. The Morgan fingerprint density at radius 2 is 1.05 bits per heavy atom. The molecule has 0 saturated carbocycles. The number of aromatic nitrogens is 1. The normalized spacial score (nSPS) is 11.2. The predicted molar refractivity (Wildman–Crippen MR) is 166 cm³/mol. The summed E-state index contributed by atoms with van der Waals surface area (Å²) in [5.74, 6) is 0. The maximum absolute atomic E-state index is 2.36. The first-order chi connectivity index (χ1) is 19.3. The van der Waals surface area contributed by atoms with Gasteiger partial charge in [0.1, 0.15) is 0 Å². The topological polar surface area (TPSA) is 8.17 Å². The number of para-hydroxylation sites is 3. The molecule has 0 amide bonds. The van der Waals surface area contributed by atoms with Crippen LogP contribution in [0.15, 0.2) is 152 Å². The monoisotopic (exact) mass is 500 g/mol. The molecular weight excluding hydrogens is 472 g/mol. The van der Waals surface area contributed by atoms with E-state index < -0.39 is 0 Å². The average molecular weight is 501 g/mol. The van der Waals surface area contributed by atoms with Crippen molar-refractivity contribution in [3.05, 3.63) is 152 Å². The molecule has 6 aromatic carbocycles. The van der Waals surface area contributed by atoms with E-state index in [1.807, 2.05) is 0 Å². The second-order valence-corrected chi connectivity index (χ2v) is 9.91. The summed E-state index contributed by atoms with van der Waals surface area (Å²) in [6.07, 6.45) is 0. The standard InChI is InChI=1S/C37H28N2/c1-38(35-19-8-5-16-32(35)28-12-3-2-4-13-28)31-15-11-14-29(26-31)27-22-24-30(25-23-27)39-36-20-9-6-17-33(36)34-18-7-10-21-37(34)39/h2-26H,1H3. The maximum atomic E-state index is 2.36. The van der Waals surface area contributed by atoms with Gasteiger partial charge in [-0.1, -0.05) is 109 Å². The quantitative estimate of drug-likeness (QED) is 0.228. The Bertz CT molecular complexity index is 1860. The van der Waals surface area contributed by atoms with Crippen LogP contribution in [-0.2, 0) is 0 Å². The summed E-state index contributed by atoms with van der Waals surface area (Å²) in [7, 11) is 2.15. The van der Waals surface area contributed by atoms with Gasteiger partial charge in [0.15, 0.2) is 0 Å². The molecule has 0 bridgehead atoms. The number of hydrogen-bond acceptors (Lipinski definition) is 1. The zero-order valence-electron chi connectivity index (χ0n) is 21.8. The second kappa shape index (κ2) is 9.66. The molecule has 186 valence electrons. The number of rotatable bonds is 5. The molecule has 0 aliphatic carbocycles. The Hall–Kier alpha value is -5.08. The lowest BCUT2D eigenvalue weighted by molar-refractivity contribution is 1.18. The van der Waals surface area contributed by atoms with E-state index in [4.69, 9.17) is 0 Å². The van der Waals surface area contributed by atoms with Crippen LogP contribution in [0.1, 0.15) is 0 Å². The van der Waals surface area contributed by atoms with Crippen LogP contribution in [0.25, 0.3) is 49.7 Å². The second-order valence-electron chi connectivity index (χ2n) is 9.91. The van der Waals surface area contributed by atoms with E-state index in [9.17, 15) is 0 Å². The first kappa shape index (κ1) is 23.1. The highest BCUT2D eigenvalue weighted by Crippen LogP contribution is 2.36. The molecule has 2 nitrogen and oxygen atoms in total. The first-order valence-corrected chi connectivity index (χ1v) is 13.4. The molecule has 0 unspecified atom stereocenters. The van der Waals surface area contributed by atoms with Crippen LogP contribution in [0.5, 0.6) is 0 Å². The van der Waals surface area contributed by atoms with Gasteiger partial charge in [-0.2, -0.15) is 0 Å². The predicted octanol–water partition coefficient (Wildman–Crippen LogP) is 9.89. The Morgan fingerprint density at radius 1 is 0.462 bits per heavy atom. The van der Waals surface area contributed by atoms with E-state index in [2.05, 4.69) is 168 Å². The van der Waals surface area contributed by atoms with Crippen molar-refractivity contribution in [3.63, 3.8) is 0 Å². The van der Waals surface area contributed by atoms with Crippen molar-refractivity contribution in [2.75, 3.05) is 11.9 Å². The van der Waals surface area contributed by atoms with E-state index in [1.165, 1.54) is 55.4 Å². The molecule has 0 radical (unpaired) electrons. The molecule has 1 aromatic heterocycles. The lowest BCUT2D eigenvalue weighted by Crippen LogP contribution is -2.10. The highest BCUT2D eigenvalue weighted by molar-refractivity contribution is 6.09. The molecule has 0 N–H and O–H groups in total. The largest absolute Gasteiger partial charge is 0.344 e. The van der Waals surface area contributed by atoms with Crippen molar-refractivity contribution in [1.82, 2.24) is 4.57 Å². The van der Waals surface area contributed by atoms with Crippen LogP contribution in [-0.4, -0.2) is 11.6 Å².